The van der Waals surface area contributed by atoms with Crippen LogP contribution in [0.5, 0.6) is 0 Å². The van der Waals surface area contributed by atoms with Gasteiger partial charge in [-0.15, -0.1) is 11.3 Å². The molecule has 1 amide bonds. The quantitative estimate of drug-likeness (QED) is 0.926. The van der Waals surface area contributed by atoms with E-state index in [0.29, 0.717) is 13.0 Å². The summed E-state index contributed by atoms with van der Waals surface area (Å²) in [5.41, 5.74) is 3.10. The first-order valence-electron chi connectivity index (χ1n) is 8.50. The number of benzene rings is 1. The molecule has 2 heterocycles. The first-order valence-corrected chi connectivity index (χ1v) is 9.38. The van der Waals surface area contributed by atoms with Gasteiger partial charge in [-0.3, -0.25) is 4.79 Å². The number of aromatic nitrogens is 1. The first kappa shape index (κ1) is 17.1. The SMILES string of the molecule is Cc1nc(-c2ccc(CC(=O)N3CCCC(C(C)O)C3)cc2)cs1. The molecule has 0 spiro atoms. The molecule has 1 N–H and O–H groups in total. The molecule has 0 aliphatic carbocycles. The molecule has 3 rings (SSSR count). The number of amides is 1. The number of nitrogens with zero attached hydrogens (tertiary/aromatic N) is 2. The number of carbonyl (C=O) groups is 1. The van der Waals surface area contributed by atoms with E-state index in [1.165, 1.54) is 0 Å². The molecule has 2 aromatic rings. The Morgan fingerprint density at radius 2 is 2.17 bits per heavy atom. The number of thiazole rings is 1. The molecule has 0 radical (unpaired) electrons. The van der Waals surface area contributed by atoms with Gasteiger partial charge in [0.2, 0.25) is 5.91 Å². The molecule has 5 heteroatoms. The zero-order valence-corrected chi connectivity index (χ0v) is 15.1. The summed E-state index contributed by atoms with van der Waals surface area (Å²) in [6.45, 7) is 5.29. The number of rotatable bonds is 4. The summed E-state index contributed by atoms with van der Waals surface area (Å²) in [6.07, 6.45) is 2.05. The summed E-state index contributed by atoms with van der Waals surface area (Å²) >= 11 is 1.64. The molecule has 1 aromatic carbocycles. The van der Waals surface area contributed by atoms with Gasteiger partial charge in [0.15, 0.2) is 0 Å². The lowest BCUT2D eigenvalue weighted by atomic mass is 9.93. The van der Waals surface area contributed by atoms with E-state index in [1.54, 1.807) is 11.3 Å². The van der Waals surface area contributed by atoms with E-state index >= 15 is 0 Å². The minimum absolute atomic E-state index is 0.151. The maximum atomic E-state index is 12.5. The molecule has 2 atom stereocenters. The van der Waals surface area contributed by atoms with Crippen molar-refractivity contribution in [1.82, 2.24) is 9.88 Å². The van der Waals surface area contributed by atoms with Crippen LogP contribution in [0, 0.1) is 12.8 Å². The van der Waals surface area contributed by atoms with Gasteiger partial charge in [-0.25, -0.2) is 4.98 Å². The van der Waals surface area contributed by atoms with Crippen LogP contribution in [0.1, 0.15) is 30.3 Å². The molecule has 0 bridgehead atoms. The van der Waals surface area contributed by atoms with Crippen molar-refractivity contribution in [3.8, 4) is 11.3 Å². The van der Waals surface area contributed by atoms with Crippen molar-refractivity contribution in [1.29, 1.82) is 0 Å². The molecule has 0 saturated carbocycles. The number of hydrogen-bond acceptors (Lipinski definition) is 4. The van der Waals surface area contributed by atoms with Crippen LogP contribution in [0.3, 0.4) is 0 Å². The number of carbonyl (C=O) groups excluding carboxylic acids is 1. The van der Waals surface area contributed by atoms with Crippen molar-refractivity contribution in [2.45, 2.75) is 39.2 Å². The maximum absolute atomic E-state index is 12.5. The standard InChI is InChI=1S/C19H24N2O2S/c1-13(22)17-4-3-9-21(11-17)19(23)10-15-5-7-16(8-6-15)18-12-24-14(2)20-18/h5-8,12-13,17,22H,3-4,9-11H2,1-2H3. The Morgan fingerprint density at radius 3 is 2.79 bits per heavy atom. The summed E-state index contributed by atoms with van der Waals surface area (Å²) in [5.74, 6) is 0.357. The Hall–Kier alpha value is -1.72. The average molecular weight is 344 g/mol. The third kappa shape index (κ3) is 4.02. The first-order chi connectivity index (χ1) is 11.5. The number of aryl methyl sites for hydroxylation is 1. The molecule has 1 saturated heterocycles. The molecule has 1 aromatic heterocycles. The highest BCUT2D eigenvalue weighted by atomic mass is 32.1. The predicted molar refractivity (Wildman–Crippen MR) is 97.0 cm³/mol. The highest BCUT2D eigenvalue weighted by Gasteiger charge is 2.26. The minimum Gasteiger partial charge on any atom is -0.393 e. The van der Waals surface area contributed by atoms with E-state index < -0.39 is 0 Å². The monoisotopic (exact) mass is 344 g/mol. The zero-order chi connectivity index (χ0) is 17.1. The third-order valence-electron chi connectivity index (χ3n) is 4.72. The molecule has 4 nitrogen and oxygen atoms in total. The van der Waals surface area contributed by atoms with Crippen LogP contribution in [0.15, 0.2) is 29.6 Å². The highest BCUT2D eigenvalue weighted by molar-refractivity contribution is 7.09. The number of piperidine rings is 1. The van der Waals surface area contributed by atoms with Crippen LogP contribution in [0.2, 0.25) is 0 Å². The van der Waals surface area contributed by atoms with Crippen LogP contribution in [-0.2, 0) is 11.2 Å². The molecule has 128 valence electrons. The van der Waals surface area contributed by atoms with Crippen molar-refractivity contribution in [2.24, 2.45) is 5.92 Å². The summed E-state index contributed by atoms with van der Waals surface area (Å²) < 4.78 is 0. The van der Waals surface area contributed by atoms with Gasteiger partial charge in [0, 0.05) is 30.0 Å². The normalized spacial score (nSPS) is 19.3. The van der Waals surface area contributed by atoms with Crippen LogP contribution in [0.4, 0.5) is 0 Å². The van der Waals surface area contributed by atoms with Crippen molar-refractivity contribution < 1.29 is 9.90 Å². The molecule has 1 aliphatic heterocycles. The lowest BCUT2D eigenvalue weighted by Crippen LogP contribution is -2.43. The van der Waals surface area contributed by atoms with Gasteiger partial charge < -0.3 is 10.0 Å². The summed E-state index contributed by atoms with van der Waals surface area (Å²) in [6, 6.07) is 8.09. The topological polar surface area (TPSA) is 53.4 Å². The van der Waals surface area contributed by atoms with E-state index in [4.69, 9.17) is 0 Å². The number of aliphatic hydroxyl groups is 1. The smallest absolute Gasteiger partial charge is 0.227 e. The van der Waals surface area contributed by atoms with E-state index in [0.717, 1.165) is 41.2 Å². The molecule has 2 unspecified atom stereocenters. The molecule has 1 aliphatic rings. The lowest BCUT2D eigenvalue weighted by molar-refractivity contribution is -0.133. The van der Waals surface area contributed by atoms with Gasteiger partial charge >= 0.3 is 0 Å². The second kappa shape index (κ2) is 7.45. The van der Waals surface area contributed by atoms with E-state index in [2.05, 4.69) is 10.4 Å². The second-order valence-electron chi connectivity index (χ2n) is 6.61. The summed E-state index contributed by atoms with van der Waals surface area (Å²) in [4.78, 5) is 18.9. The average Bonchev–Trinajstić information content (AvgIpc) is 3.02. The van der Waals surface area contributed by atoms with E-state index in [1.807, 2.05) is 43.0 Å². The van der Waals surface area contributed by atoms with E-state index in [9.17, 15) is 9.90 Å². The maximum Gasteiger partial charge on any atom is 0.227 e. The Morgan fingerprint density at radius 1 is 1.42 bits per heavy atom. The Bertz CT molecular complexity index is 694. The van der Waals surface area contributed by atoms with Gasteiger partial charge in [0.1, 0.15) is 0 Å². The van der Waals surface area contributed by atoms with Crippen molar-refractivity contribution in [2.75, 3.05) is 13.1 Å². The number of hydrogen-bond donors (Lipinski definition) is 1. The predicted octanol–water partition coefficient (Wildman–Crippen LogP) is 3.28. The third-order valence-corrected chi connectivity index (χ3v) is 5.49. The van der Waals surface area contributed by atoms with Crippen LogP contribution >= 0.6 is 11.3 Å². The number of likely N-dealkylation sites (tertiary alicyclic amines) is 1. The Balaban J connectivity index is 1.62. The fraction of sp³-hybridized carbons (Fsp3) is 0.474. The van der Waals surface area contributed by atoms with Crippen LogP contribution in [0.25, 0.3) is 11.3 Å². The Kier molecular flexibility index (Phi) is 5.31. The van der Waals surface area contributed by atoms with Gasteiger partial charge in [0.25, 0.3) is 0 Å². The molecular formula is C19H24N2O2S. The summed E-state index contributed by atoms with van der Waals surface area (Å²) in [7, 11) is 0. The van der Waals surface area contributed by atoms with Crippen LogP contribution in [-0.4, -0.2) is 40.1 Å². The van der Waals surface area contributed by atoms with Gasteiger partial charge in [0.05, 0.1) is 23.2 Å². The number of aliphatic hydroxyl groups excluding tert-OH is 1. The van der Waals surface area contributed by atoms with Gasteiger partial charge in [-0.2, -0.15) is 0 Å². The van der Waals surface area contributed by atoms with Crippen molar-refractivity contribution in [3.05, 3.63) is 40.2 Å². The second-order valence-corrected chi connectivity index (χ2v) is 7.67. The summed E-state index contributed by atoms with van der Waals surface area (Å²) in [5, 5.41) is 12.9. The molecule has 1 fully saturated rings. The van der Waals surface area contributed by atoms with Crippen molar-refractivity contribution in [3.63, 3.8) is 0 Å². The lowest BCUT2D eigenvalue weighted by Gasteiger charge is -2.34. The van der Waals surface area contributed by atoms with Crippen molar-refractivity contribution >= 4 is 17.2 Å². The fourth-order valence-corrected chi connectivity index (χ4v) is 3.83. The minimum atomic E-state index is -0.346. The fourth-order valence-electron chi connectivity index (χ4n) is 3.21. The zero-order valence-electron chi connectivity index (χ0n) is 14.2. The highest BCUT2D eigenvalue weighted by Crippen LogP contribution is 2.23. The Labute approximate surface area is 147 Å². The molecule has 24 heavy (non-hydrogen) atoms. The van der Waals surface area contributed by atoms with Gasteiger partial charge in [-0.05, 0) is 32.3 Å². The van der Waals surface area contributed by atoms with Crippen LogP contribution < -0.4 is 0 Å². The van der Waals surface area contributed by atoms with Gasteiger partial charge in [-0.1, -0.05) is 24.3 Å². The largest absolute Gasteiger partial charge is 0.393 e. The van der Waals surface area contributed by atoms with E-state index in [-0.39, 0.29) is 17.9 Å². The molecular weight excluding hydrogens is 320 g/mol.